The molecule has 6 nitrogen and oxygen atoms in total. The molecule has 1 N–H and O–H groups in total. The van der Waals surface area contributed by atoms with Crippen LogP contribution in [0.15, 0.2) is 67.5 Å². The number of ether oxygens (including phenoxy) is 2. The summed E-state index contributed by atoms with van der Waals surface area (Å²) in [6.07, 6.45) is 3.95. The number of halogens is 1. The molecule has 1 aliphatic rings. The maximum atomic E-state index is 13.4. The first kappa shape index (κ1) is 20.3. The fourth-order valence-electron chi connectivity index (χ4n) is 3.05. The van der Waals surface area contributed by atoms with E-state index >= 15 is 0 Å². The Morgan fingerprint density at radius 3 is 2.45 bits per heavy atom. The van der Waals surface area contributed by atoms with Crippen LogP contribution in [-0.4, -0.2) is 30.1 Å². The lowest BCUT2D eigenvalue weighted by atomic mass is 9.95. The molecule has 1 heterocycles. The van der Waals surface area contributed by atoms with Gasteiger partial charge in [-0.05, 0) is 36.6 Å². The Hall–Kier alpha value is -3.48. The molecule has 0 unspecified atom stereocenters. The van der Waals surface area contributed by atoms with Gasteiger partial charge in [-0.2, -0.15) is 0 Å². The van der Waals surface area contributed by atoms with E-state index < -0.39 is 11.2 Å². The third kappa shape index (κ3) is 4.34. The molecule has 1 aromatic heterocycles. The Morgan fingerprint density at radius 2 is 1.90 bits per heavy atom. The van der Waals surface area contributed by atoms with E-state index in [1.807, 2.05) is 24.3 Å². The first-order valence-electron chi connectivity index (χ1n) is 8.97. The van der Waals surface area contributed by atoms with Gasteiger partial charge in [-0.3, -0.25) is 4.79 Å². The van der Waals surface area contributed by atoms with Crippen molar-refractivity contribution in [2.24, 2.45) is 0 Å². The van der Waals surface area contributed by atoms with Crippen molar-refractivity contribution in [2.45, 2.75) is 18.3 Å². The molecule has 1 aliphatic carbocycles. The second-order valence-corrected chi connectivity index (χ2v) is 6.69. The number of nitrogens with one attached hydrogen (secondary N) is 1. The molecule has 150 valence electrons. The first-order chi connectivity index (χ1) is 13.9. The third-order valence-electron chi connectivity index (χ3n) is 4.86. The van der Waals surface area contributed by atoms with E-state index in [0.717, 1.165) is 24.2 Å². The fraction of sp³-hybridized carbons (Fsp3) is 0.227. The quantitative estimate of drug-likeness (QED) is 0.536. The van der Waals surface area contributed by atoms with Crippen LogP contribution >= 0.6 is 0 Å². The second kappa shape index (κ2) is 8.26. The standard InChI is InChI=1S/C22H22FN3O3/c1-14(23)11-18(15(2)28-3)19-12-20(25-13-24-19)26-21(27)22(9-10-22)16-5-7-17(29-4)8-6-16/h5-8,11-13H,1-2,9-10H2,3-4H3,(H,24,25,26,27)/b18-11+. The molecule has 0 saturated heterocycles. The lowest BCUT2D eigenvalue weighted by Crippen LogP contribution is -2.28. The zero-order chi connectivity index (χ0) is 21.0. The van der Waals surface area contributed by atoms with Crippen molar-refractivity contribution in [1.29, 1.82) is 0 Å². The minimum Gasteiger partial charge on any atom is -0.497 e. The van der Waals surface area contributed by atoms with E-state index in [2.05, 4.69) is 28.4 Å². The Labute approximate surface area is 168 Å². The lowest BCUT2D eigenvalue weighted by molar-refractivity contribution is -0.118. The van der Waals surface area contributed by atoms with Crippen molar-refractivity contribution >= 4 is 17.3 Å². The second-order valence-electron chi connectivity index (χ2n) is 6.69. The van der Waals surface area contributed by atoms with Crippen molar-refractivity contribution in [2.75, 3.05) is 19.5 Å². The van der Waals surface area contributed by atoms with Gasteiger partial charge in [0.25, 0.3) is 0 Å². The Balaban J connectivity index is 1.83. The summed E-state index contributed by atoms with van der Waals surface area (Å²) in [6, 6.07) is 9.01. The summed E-state index contributed by atoms with van der Waals surface area (Å²) in [5.41, 5.74) is 1.01. The van der Waals surface area contributed by atoms with Crippen molar-refractivity contribution in [1.82, 2.24) is 9.97 Å². The molecular formula is C22H22FN3O3. The molecule has 1 fully saturated rings. The molecule has 2 aromatic rings. The van der Waals surface area contributed by atoms with E-state index in [1.165, 1.54) is 19.5 Å². The third-order valence-corrected chi connectivity index (χ3v) is 4.86. The summed E-state index contributed by atoms with van der Waals surface area (Å²) >= 11 is 0. The monoisotopic (exact) mass is 395 g/mol. The number of aromatic nitrogens is 2. The molecule has 1 amide bonds. The zero-order valence-electron chi connectivity index (χ0n) is 16.4. The number of carbonyl (C=O) groups is 1. The summed E-state index contributed by atoms with van der Waals surface area (Å²) < 4.78 is 23.6. The molecule has 1 saturated carbocycles. The Morgan fingerprint density at radius 1 is 1.21 bits per heavy atom. The van der Waals surface area contributed by atoms with Crippen LogP contribution < -0.4 is 10.1 Å². The Bertz CT molecular complexity index is 979. The lowest BCUT2D eigenvalue weighted by Gasteiger charge is -2.16. The van der Waals surface area contributed by atoms with Crippen LogP contribution in [0.1, 0.15) is 24.1 Å². The van der Waals surface area contributed by atoms with Crippen LogP contribution in [0.4, 0.5) is 10.2 Å². The molecule has 0 bridgehead atoms. The number of benzene rings is 1. The summed E-state index contributed by atoms with van der Waals surface area (Å²) in [6.45, 7) is 6.97. The maximum Gasteiger partial charge on any atom is 0.236 e. The normalized spacial score (nSPS) is 14.7. The molecule has 0 spiro atoms. The number of hydrogen-bond acceptors (Lipinski definition) is 5. The smallest absolute Gasteiger partial charge is 0.236 e. The molecule has 0 atom stereocenters. The van der Waals surface area contributed by atoms with E-state index in [4.69, 9.17) is 9.47 Å². The first-order valence-corrected chi connectivity index (χ1v) is 8.97. The van der Waals surface area contributed by atoms with Gasteiger partial charge in [-0.15, -0.1) is 0 Å². The predicted molar refractivity (Wildman–Crippen MR) is 109 cm³/mol. The van der Waals surface area contributed by atoms with E-state index in [9.17, 15) is 9.18 Å². The van der Waals surface area contributed by atoms with Crippen LogP contribution in [0.5, 0.6) is 5.75 Å². The van der Waals surface area contributed by atoms with Crippen molar-refractivity contribution < 1.29 is 18.7 Å². The fourth-order valence-corrected chi connectivity index (χ4v) is 3.05. The molecule has 0 aliphatic heterocycles. The molecule has 1 aromatic carbocycles. The van der Waals surface area contributed by atoms with Gasteiger partial charge in [0.1, 0.15) is 29.5 Å². The van der Waals surface area contributed by atoms with Gasteiger partial charge >= 0.3 is 0 Å². The SMILES string of the molecule is C=C(F)/C=C(\C(=C)OC)c1cc(NC(=O)C2(c3ccc(OC)cc3)CC2)ncn1. The van der Waals surface area contributed by atoms with Crippen LogP contribution in [0, 0.1) is 0 Å². The van der Waals surface area contributed by atoms with Gasteiger partial charge in [0, 0.05) is 11.6 Å². The molecular weight excluding hydrogens is 373 g/mol. The molecule has 0 radical (unpaired) electrons. The average Bonchev–Trinajstić information content (AvgIpc) is 3.54. The van der Waals surface area contributed by atoms with Crippen LogP contribution in [0.3, 0.4) is 0 Å². The highest BCUT2D eigenvalue weighted by Gasteiger charge is 2.51. The highest BCUT2D eigenvalue weighted by molar-refractivity contribution is 6.01. The summed E-state index contributed by atoms with van der Waals surface area (Å²) in [5, 5.41) is 2.84. The highest BCUT2D eigenvalue weighted by atomic mass is 19.1. The van der Waals surface area contributed by atoms with Gasteiger partial charge < -0.3 is 14.8 Å². The number of methoxy groups -OCH3 is 2. The number of amides is 1. The number of carbonyl (C=O) groups excluding carboxylic acids is 1. The van der Waals surface area contributed by atoms with Crippen LogP contribution in [-0.2, 0) is 14.9 Å². The minimum atomic E-state index is -0.668. The van der Waals surface area contributed by atoms with Gasteiger partial charge in [0.05, 0.1) is 25.3 Å². The highest BCUT2D eigenvalue weighted by Crippen LogP contribution is 2.49. The average molecular weight is 395 g/mol. The summed E-state index contributed by atoms with van der Waals surface area (Å²) in [4.78, 5) is 21.2. The zero-order valence-corrected chi connectivity index (χ0v) is 16.4. The van der Waals surface area contributed by atoms with Crippen LogP contribution in [0.25, 0.3) is 5.57 Å². The molecule has 7 heteroatoms. The van der Waals surface area contributed by atoms with E-state index in [-0.39, 0.29) is 11.7 Å². The van der Waals surface area contributed by atoms with Crippen molar-refractivity contribution in [3.05, 3.63) is 78.7 Å². The van der Waals surface area contributed by atoms with E-state index in [0.29, 0.717) is 17.1 Å². The number of rotatable bonds is 8. The van der Waals surface area contributed by atoms with Gasteiger partial charge in [-0.1, -0.05) is 25.3 Å². The van der Waals surface area contributed by atoms with Gasteiger partial charge in [0.2, 0.25) is 5.91 Å². The molecule has 29 heavy (non-hydrogen) atoms. The summed E-state index contributed by atoms with van der Waals surface area (Å²) in [5.74, 6) is 0.436. The largest absolute Gasteiger partial charge is 0.497 e. The molecule has 3 rings (SSSR count). The number of hydrogen-bond donors (Lipinski definition) is 1. The van der Waals surface area contributed by atoms with Crippen LogP contribution in [0.2, 0.25) is 0 Å². The number of allylic oxidation sites excluding steroid dienone is 3. The number of anilines is 1. The van der Waals surface area contributed by atoms with Crippen molar-refractivity contribution in [3.8, 4) is 5.75 Å². The number of nitrogens with zero attached hydrogens (tertiary/aromatic N) is 2. The minimum absolute atomic E-state index is 0.154. The van der Waals surface area contributed by atoms with Crippen molar-refractivity contribution in [3.63, 3.8) is 0 Å². The summed E-state index contributed by atoms with van der Waals surface area (Å²) in [7, 11) is 3.02. The maximum absolute atomic E-state index is 13.4. The predicted octanol–water partition coefficient (Wildman–Crippen LogP) is 4.18. The van der Waals surface area contributed by atoms with Gasteiger partial charge in [0.15, 0.2) is 0 Å². The van der Waals surface area contributed by atoms with Gasteiger partial charge in [-0.25, -0.2) is 14.4 Å². The van der Waals surface area contributed by atoms with E-state index in [1.54, 1.807) is 13.2 Å². The topological polar surface area (TPSA) is 73.3 Å². The Kier molecular flexibility index (Phi) is 5.77.